The van der Waals surface area contributed by atoms with Gasteiger partial charge in [-0.25, -0.2) is 21.6 Å². The number of hydrogen-bond acceptors (Lipinski definition) is 6. The summed E-state index contributed by atoms with van der Waals surface area (Å²) in [5, 5.41) is 0. The zero-order valence-corrected chi connectivity index (χ0v) is 19.6. The molecule has 0 aliphatic heterocycles. The lowest BCUT2D eigenvalue weighted by molar-refractivity contribution is -0.145. The van der Waals surface area contributed by atoms with E-state index < -0.39 is 38.1 Å². The van der Waals surface area contributed by atoms with Crippen molar-refractivity contribution in [2.75, 3.05) is 19.9 Å². The third-order valence-corrected chi connectivity index (χ3v) is 7.52. The molecule has 0 fully saturated rings. The maximum absolute atomic E-state index is 12.7. The maximum Gasteiger partial charge on any atom is 0.324 e. The fraction of sp³-hybridized carbons (Fsp3) is 0.381. The predicted molar refractivity (Wildman–Crippen MR) is 118 cm³/mol. The summed E-state index contributed by atoms with van der Waals surface area (Å²) in [5.74, 6) is -0.720. The lowest BCUT2D eigenvalue weighted by Gasteiger charge is -2.30. The van der Waals surface area contributed by atoms with E-state index in [1.807, 2.05) is 13.0 Å². The van der Waals surface area contributed by atoms with Crippen LogP contribution in [0.5, 0.6) is 0 Å². The molecule has 0 aliphatic carbocycles. The van der Waals surface area contributed by atoms with Gasteiger partial charge in [0.25, 0.3) is 0 Å². The van der Waals surface area contributed by atoms with Crippen LogP contribution in [0.3, 0.4) is 0 Å². The average Bonchev–Trinajstić information content (AvgIpc) is 2.70. The van der Waals surface area contributed by atoms with E-state index in [4.69, 9.17) is 4.74 Å². The van der Waals surface area contributed by atoms with E-state index in [9.17, 15) is 21.6 Å². The van der Waals surface area contributed by atoms with Gasteiger partial charge in [0.1, 0.15) is 6.04 Å². The van der Waals surface area contributed by atoms with E-state index in [-0.39, 0.29) is 17.9 Å². The van der Waals surface area contributed by atoms with Crippen molar-refractivity contribution in [1.29, 1.82) is 0 Å². The number of carbonyl (C=O) groups excluding carboxylic acids is 1. The number of benzene rings is 2. The van der Waals surface area contributed by atoms with Crippen LogP contribution in [0, 0.1) is 6.92 Å². The van der Waals surface area contributed by atoms with E-state index in [2.05, 4.69) is 4.72 Å². The molecule has 1 N–H and O–H groups in total. The first-order valence-corrected chi connectivity index (χ1v) is 12.9. The first kappa shape index (κ1) is 25.0. The molecule has 0 aliphatic rings. The van der Waals surface area contributed by atoms with Crippen molar-refractivity contribution < 1.29 is 26.4 Å². The summed E-state index contributed by atoms with van der Waals surface area (Å²) in [4.78, 5) is 12.5. The van der Waals surface area contributed by atoms with Crippen molar-refractivity contribution in [3.05, 3.63) is 65.7 Å². The number of aryl methyl sites for hydroxylation is 1. The molecule has 31 heavy (non-hydrogen) atoms. The molecular formula is C21H28N2O6S2. The smallest absolute Gasteiger partial charge is 0.324 e. The average molecular weight is 469 g/mol. The highest BCUT2D eigenvalue weighted by Gasteiger charge is 2.35. The highest BCUT2D eigenvalue weighted by molar-refractivity contribution is 7.89. The summed E-state index contributed by atoms with van der Waals surface area (Å²) < 4.78 is 58.7. The lowest BCUT2D eigenvalue weighted by atomic mass is 10.1. The number of nitrogens with zero attached hydrogens (tertiary/aromatic N) is 1. The molecular weight excluding hydrogens is 440 g/mol. The van der Waals surface area contributed by atoms with Crippen molar-refractivity contribution in [1.82, 2.24) is 9.03 Å². The first-order valence-electron chi connectivity index (χ1n) is 9.61. The maximum atomic E-state index is 12.7. The molecule has 0 saturated heterocycles. The van der Waals surface area contributed by atoms with Crippen molar-refractivity contribution >= 4 is 26.0 Å². The van der Waals surface area contributed by atoms with Crippen molar-refractivity contribution in [2.45, 2.75) is 37.2 Å². The Morgan fingerprint density at radius 1 is 1.03 bits per heavy atom. The fourth-order valence-electron chi connectivity index (χ4n) is 3.13. The van der Waals surface area contributed by atoms with Crippen LogP contribution in [-0.4, -0.2) is 59.1 Å². The molecule has 0 bridgehead atoms. The standard InChI is InChI=1S/C21H28N2O6S2/c1-16-10-12-19(13-11-16)31(27,28)22-17(2)15-23(30(4,25)26)20(21(24)29-3)14-18-8-6-5-7-9-18/h5-13,17,20,22H,14-15H2,1-4H3/t17-,20-/m0/s1. The minimum atomic E-state index is -3.87. The Bertz CT molecular complexity index is 1080. The molecule has 0 radical (unpaired) electrons. The zero-order valence-electron chi connectivity index (χ0n) is 18.0. The summed E-state index contributed by atoms with van der Waals surface area (Å²) in [6, 6.07) is 13.3. The van der Waals surface area contributed by atoms with Gasteiger partial charge in [-0.15, -0.1) is 0 Å². The minimum Gasteiger partial charge on any atom is -0.468 e. The number of hydrogen-bond donors (Lipinski definition) is 1. The minimum absolute atomic E-state index is 0.0738. The quantitative estimate of drug-likeness (QED) is 0.532. The SMILES string of the molecule is COC(=O)[C@H](Cc1ccccc1)N(C[C@H](C)NS(=O)(=O)c1ccc(C)cc1)S(C)(=O)=O. The van der Waals surface area contributed by atoms with Gasteiger partial charge in [-0.3, -0.25) is 4.79 Å². The van der Waals surface area contributed by atoms with Gasteiger partial charge in [-0.1, -0.05) is 48.0 Å². The Morgan fingerprint density at radius 2 is 1.61 bits per heavy atom. The van der Waals surface area contributed by atoms with Crippen molar-refractivity contribution in [3.8, 4) is 0 Å². The number of ether oxygens (including phenoxy) is 1. The molecule has 2 aromatic rings. The summed E-state index contributed by atoms with van der Waals surface area (Å²) in [5.41, 5.74) is 1.66. The van der Waals surface area contributed by atoms with Crippen LogP contribution in [0.4, 0.5) is 0 Å². The Labute approximate surface area is 184 Å². The molecule has 0 unspecified atom stereocenters. The van der Waals surface area contributed by atoms with E-state index in [1.165, 1.54) is 19.2 Å². The molecule has 0 saturated carbocycles. The van der Waals surface area contributed by atoms with E-state index in [0.29, 0.717) is 0 Å². The van der Waals surface area contributed by atoms with Crippen LogP contribution in [0.1, 0.15) is 18.1 Å². The number of carbonyl (C=O) groups is 1. The second kappa shape index (κ2) is 10.4. The molecule has 10 heteroatoms. The molecule has 0 aromatic heterocycles. The third-order valence-electron chi connectivity index (χ3n) is 4.66. The van der Waals surface area contributed by atoms with Crippen LogP contribution >= 0.6 is 0 Å². The lowest BCUT2D eigenvalue weighted by Crippen LogP contribution is -2.52. The third kappa shape index (κ3) is 7.13. The fourth-order valence-corrected chi connectivity index (χ4v) is 5.48. The summed E-state index contributed by atoms with van der Waals surface area (Å²) in [7, 11) is -6.54. The van der Waals surface area contributed by atoms with Crippen LogP contribution in [-0.2, 0) is 36.0 Å². The number of rotatable bonds is 10. The monoisotopic (exact) mass is 468 g/mol. The topological polar surface area (TPSA) is 110 Å². The Balaban J connectivity index is 2.27. The van der Waals surface area contributed by atoms with Crippen LogP contribution in [0.15, 0.2) is 59.5 Å². The van der Waals surface area contributed by atoms with E-state index >= 15 is 0 Å². The predicted octanol–water partition coefficient (Wildman–Crippen LogP) is 1.71. The van der Waals surface area contributed by atoms with Gasteiger partial charge < -0.3 is 4.74 Å². The molecule has 2 atom stereocenters. The van der Waals surface area contributed by atoms with Crippen LogP contribution in [0.2, 0.25) is 0 Å². The number of sulfonamides is 2. The van der Waals surface area contributed by atoms with Crippen LogP contribution < -0.4 is 4.72 Å². The normalized spacial score (nSPS) is 14.2. The van der Waals surface area contributed by atoms with Gasteiger partial charge in [0.05, 0.1) is 18.3 Å². The van der Waals surface area contributed by atoms with E-state index in [0.717, 1.165) is 21.7 Å². The highest BCUT2D eigenvalue weighted by Crippen LogP contribution is 2.16. The van der Waals surface area contributed by atoms with Gasteiger partial charge in [0.2, 0.25) is 20.0 Å². The Morgan fingerprint density at radius 3 is 2.13 bits per heavy atom. The molecule has 2 aromatic carbocycles. The second-order valence-electron chi connectivity index (χ2n) is 7.40. The van der Waals surface area contributed by atoms with E-state index in [1.54, 1.807) is 43.3 Å². The molecule has 0 spiro atoms. The van der Waals surface area contributed by atoms with Crippen LogP contribution in [0.25, 0.3) is 0 Å². The molecule has 170 valence electrons. The number of nitrogens with one attached hydrogen (secondary N) is 1. The highest BCUT2D eigenvalue weighted by atomic mass is 32.2. The largest absolute Gasteiger partial charge is 0.468 e. The Kier molecular flexibility index (Phi) is 8.35. The molecule has 8 nitrogen and oxygen atoms in total. The summed E-state index contributed by atoms with van der Waals surface area (Å²) in [6.45, 7) is 3.15. The van der Waals surface area contributed by atoms with Crippen molar-refractivity contribution in [2.24, 2.45) is 0 Å². The molecule has 0 heterocycles. The van der Waals surface area contributed by atoms with Gasteiger partial charge in [0, 0.05) is 12.6 Å². The zero-order chi connectivity index (χ0) is 23.2. The first-order chi connectivity index (χ1) is 14.4. The van der Waals surface area contributed by atoms with Crippen molar-refractivity contribution in [3.63, 3.8) is 0 Å². The number of esters is 1. The molecule has 2 rings (SSSR count). The molecule has 0 amide bonds. The van der Waals surface area contributed by atoms with Gasteiger partial charge >= 0.3 is 5.97 Å². The number of methoxy groups -OCH3 is 1. The van der Waals surface area contributed by atoms with Gasteiger partial charge in [0.15, 0.2) is 0 Å². The van der Waals surface area contributed by atoms with Gasteiger partial charge in [-0.05, 0) is 38.0 Å². The second-order valence-corrected chi connectivity index (χ2v) is 11.0. The van der Waals surface area contributed by atoms with Gasteiger partial charge in [-0.2, -0.15) is 4.31 Å². The summed E-state index contributed by atoms with van der Waals surface area (Å²) in [6.07, 6.45) is 1.08. The summed E-state index contributed by atoms with van der Waals surface area (Å²) >= 11 is 0. The Hall–Kier alpha value is -2.27.